The molecule has 4 heteroatoms. The molecule has 0 spiro atoms. The van der Waals surface area contributed by atoms with Gasteiger partial charge in [-0.05, 0) is 56.1 Å². The van der Waals surface area contributed by atoms with Crippen LogP contribution in [-0.4, -0.2) is 25.2 Å². The molecule has 2 heterocycles. The largest absolute Gasteiger partial charge is 0.497 e. The number of ether oxygens (including phenoxy) is 1. The minimum absolute atomic E-state index is 0.0320. The monoisotopic (exact) mass is 258 g/mol. The summed E-state index contributed by atoms with van der Waals surface area (Å²) in [5.74, 6) is 1.39. The number of rotatable bonds is 3. The Morgan fingerprint density at radius 2 is 2.26 bits per heavy atom. The second kappa shape index (κ2) is 5.05. The zero-order chi connectivity index (χ0) is 13.2. The van der Waals surface area contributed by atoms with Crippen molar-refractivity contribution in [2.24, 2.45) is 5.92 Å². The maximum Gasteiger partial charge on any atom is 0.251 e. The van der Waals surface area contributed by atoms with E-state index < -0.39 is 0 Å². The van der Waals surface area contributed by atoms with Crippen LogP contribution >= 0.6 is 0 Å². The zero-order valence-electron chi connectivity index (χ0n) is 11.0. The fourth-order valence-corrected chi connectivity index (χ4v) is 2.71. The van der Waals surface area contributed by atoms with Crippen LogP contribution in [-0.2, 0) is 6.42 Å². The molecule has 19 heavy (non-hydrogen) atoms. The third kappa shape index (κ3) is 2.49. The Bertz CT molecular complexity index is 642. The molecule has 1 aliphatic rings. The third-order valence-electron chi connectivity index (χ3n) is 3.80. The lowest BCUT2D eigenvalue weighted by molar-refractivity contribution is 0.415. The van der Waals surface area contributed by atoms with E-state index in [1.807, 2.05) is 24.3 Å². The molecular weight excluding hydrogens is 240 g/mol. The summed E-state index contributed by atoms with van der Waals surface area (Å²) in [6.07, 6.45) is 1.99. The van der Waals surface area contributed by atoms with Crippen molar-refractivity contribution in [3.05, 3.63) is 40.2 Å². The predicted molar refractivity (Wildman–Crippen MR) is 75.8 cm³/mol. The number of pyridine rings is 1. The van der Waals surface area contributed by atoms with Gasteiger partial charge in [0.2, 0.25) is 0 Å². The highest BCUT2D eigenvalue weighted by atomic mass is 16.5. The van der Waals surface area contributed by atoms with Gasteiger partial charge in [-0.15, -0.1) is 0 Å². The van der Waals surface area contributed by atoms with E-state index in [-0.39, 0.29) is 5.56 Å². The van der Waals surface area contributed by atoms with Crippen molar-refractivity contribution in [1.29, 1.82) is 0 Å². The molecule has 2 aromatic rings. The summed E-state index contributed by atoms with van der Waals surface area (Å²) < 4.78 is 5.22. The second-order valence-electron chi connectivity index (χ2n) is 5.14. The van der Waals surface area contributed by atoms with Gasteiger partial charge >= 0.3 is 0 Å². The Labute approximate surface area is 111 Å². The quantitative estimate of drug-likeness (QED) is 0.881. The van der Waals surface area contributed by atoms with Gasteiger partial charge in [0.25, 0.3) is 5.56 Å². The van der Waals surface area contributed by atoms with Crippen LogP contribution in [0.3, 0.4) is 0 Å². The van der Waals surface area contributed by atoms with Crippen molar-refractivity contribution >= 4 is 10.9 Å². The molecule has 4 nitrogen and oxygen atoms in total. The molecule has 2 N–H and O–H groups in total. The number of aromatic nitrogens is 1. The molecule has 3 rings (SSSR count). The fourth-order valence-electron chi connectivity index (χ4n) is 2.71. The topological polar surface area (TPSA) is 54.1 Å². The van der Waals surface area contributed by atoms with E-state index >= 15 is 0 Å². The van der Waals surface area contributed by atoms with Crippen LogP contribution in [0.15, 0.2) is 29.1 Å². The lowest BCUT2D eigenvalue weighted by atomic mass is 9.98. The fraction of sp³-hybridized carbons (Fsp3) is 0.400. The Kier molecular flexibility index (Phi) is 3.25. The summed E-state index contributed by atoms with van der Waals surface area (Å²) in [5, 5.41) is 4.36. The van der Waals surface area contributed by atoms with Crippen LogP contribution in [0.5, 0.6) is 5.75 Å². The second-order valence-corrected chi connectivity index (χ2v) is 5.14. The van der Waals surface area contributed by atoms with Gasteiger partial charge in [0.05, 0.1) is 7.11 Å². The maximum atomic E-state index is 12.1. The average molecular weight is 258 g/mol. The highest BCUT2D eigenvalue weighted by molar-refractivity contribution is 5.80. The first kappa shape index (κ1) is 12.2. The number of methoxy groups -OCH3 is 1. The smallest absolute Gasteiger partial charge is 0.251 e. The Hall–Kier alpha value is -1.81. The summed E-state index contributed by atoms with van der Waals surface area (Å²) >= 11 is 0. The van der Waals surface area contributed by atoms with E-state index in [0.29, 0.717) is 5.92 Å². The highest BCUT2D eigenvalue weighted by Gasteiger charge is 2.16. The molecule has 1 atom stereocenters. The van der Waals surface area contributed by atoms with E-state index in [4.69, 9.17) is 4.74 Å². The molecule has 1 aromatic carbocycles. The molecular formula is C15H18N2O2. The SMILES string of the molecule is COc1ccc2[nH]c(=O)c(CC3CCNC3)cc2c1. The maximum absolute atomic E-state index is 12.1. The van der Waals surface area contributed by atoms with E-state index in [1.54, 1.807) is 7.11 Å². The number of nitrogens with one attached hydrogen (secondary N) is 2. The molecule has 1 aliphatic heterocycles. The normalized spacial score (nSPS) is 18.9. The van der Waals surface area contributed by atoms with Gasteiger partial charge in [-0.2, -0.15) is 0 Å². The van der Waals surface area contributed by atoms with Crippen molar-refractivity contribution in [2.45, 2.75) is 12.8 Å². The molecule has 1 aromatic heterocycles. The Balaban J connectivity index is 1.98. The van der Waals surface area contributed by atoms with Crippen molar-refractivity contribution in [2.75, 3.05) is 20.2 Å². The van der Waals surface area contributed by atoms with Crippen molar-refractivity contribution in [1.82, 2.24) is 10.3 Å². The summed E-state index contributed by atoms with van der Waals surface area (Å²) in [6.45, 7) is 2.07. The van der Waals surface area contributed by atoms with Gasteiger partial charge in [-0.3, -0.25) is 4.79 Å². The van der Waals surface area contributed by atoms with E-state index in [2.05, 4.69) is 10.3 Å². The van der Waals surface area contributed by atoms with Crippen LogP contribution in [0, 0.1) is 5.92 Å². The summed E-state index contributed by atoms with van der Waals surface area (Å²) in [6, 6.07) is 7.70. The Morgan fingerprint density at radius 3 is 3.00 bits per heavy atom. The number of fused-ring (bicyclic) bond motifs is 1. The van der Waals surface area contributed by atoms with Gasteiger partial charge in [-0.1, -0.05) is 0 Å². The van der Waals surface area contributed by atoms with Crippen molar-refractivity contribution in [3.8, 4) is 5.75 Å². The number of hydrogen-bond acceptors (Lipinski definition) is 3. The van der Waals surface area contributed by atoms with Gasteiger partial charge in [0.1, 0.15) is 5.75 Å². The lowest BCUT2D eigenvalue weighted by Gasteiger charge is -2.09. The number of benzene rings is 1. The standard InChI is InChI=1S/C15H18N2O2/c1-19-13-2-3-14-11(8-13)7-12(15(18)17-14)6-10-4-5-16-9-10/h2-3,7-8,10,16H,4-6,9H2,1H3,(H,17,18). The molecule has 1 unspecified atom stereocenters. The predicted octanol–water partition coefficient (Wildman–Crippen LogP) is 1.69. The molecule has 0 radical (unpaired) electrons. The van der Waals surface area contributed by atoms with Crippen LogP contribution in [0.4, 0.5) is 0 Å². The Morgan fingerprint density at radius 1 is 1.37 bits per heavy atom. The molecule has 0 saturated carbocycles. The van der Waals surface area contributed by atoms with Gasteiger partial charge in [0.15, 0.2) is 0 Å². The van der Waals surface area contributed by atoms with E-state index in [9.17, 15) is 4.79 Å². The lowest BCUT2D eigenvalue weighted by Crippen LogP contribution is -2.18. The molecule has 1 fully saturated rings. The molecule has 0 bridgehead atoms. The first-order valence-corrected chi connectivity index (χ1v) is 6.67. The third-order valence-corrected chi connectivity index (χ3v) is 3.80. The van der Waals surface area contributed by atoms with Crippen LogP contribution in [0.2, 0.25) is 0 Å². The van der Waals surface area contributed by atoms with Crippen LogP contribution in [0.25, 0.3) is 10.9 Å². The van der Waals surface area contributed by atoms with Gasteiger partial charge in [0, 0.05) is 16.5 Å². The first-order valence-electron chi connectivity index (χ1n) is 6.67. The molecule has 0 amide bonds. The average Bonchev–Trinajstić information content (AvgIpc) is 2.92. The first-order chi connectivity index (χ1) is 9.26. The molecule has 0 aliphatic carbocycles. The van der Waals surface area contributed by atoms with E-state index in [1.165, 1.54) is 0 Å². The van der Waals surface area contributed by atoms with Crippen molar-refractivity contribution in [3.63, 3.8) is 0 Å². The van der Waals surface area contributed by atoms with Crippen molar-refractivity contribution < 1.29 is 4.74 Å². The van der Waals surface area contributed by atoms with Crippen LogP contribution in [0.1, 0.15) is 12.0 Å². The highest BCUT2D eigenvalue weighted by Crippen LogP contribution is 2.20. The number of H-pyrrole nitrogens is 1. The minimum Gasteiger partial charge on any atom is -0.497 e. The molecule has 1 saturated heterocycles. The van der Waals surface area contributed by atoms with Crippen LogP contribution < -0.4 is 15.6 Å². The summed E-state index contributed by atoms with van der Waals surface area (Å²) in [5.41, 5.74) is 1.76. The van der Waals surface area contributed by atoms with Gasteiger partial charge < -0.3 is 15.0 Å². The number of hydrogen-bond donors (Lipinski definition) is 2. The summed E-state index contributed by atoms with van der Waals surface area (Å²) in [4.78, 5) is 15.0. The van der Waals surface area contributed by atoms with Gasteiger partial charge in [-0.25, -0.2) is 0 Å². The minimum atomic E-state index is 0.0320. The number of aromatic amines is 1. The summed E-state index contributed by atoms with van der Waals surface area (Å²) in [7, 11) is 1.65. The van der Waals surface area contributed by atoms with E-state index in [0.717, 1.165) is 48.1 Å². The molecule has 100 valence electrons. The zero-order valence-corrected chi connectivity index (χ0v) is 11.0.